The van der Waals surface area contributed by atoms with Crippen LogP contribution in [0.4, 0.5) is 0 Å². The van der Waals surface area contributed by atoms with Crippen molar-refractivity contribution in [3.05, 3.63) is 23.4 Å². The average Bonchev–Trinajstić information content (AvgIpc) is 2.18. The van der Waals surface area contributed by atoms with Crippen molar-refractivity contribution in [2.24, 2.45) is 0 Å². The molecule has 0 fully saturated rings. The molecule has 0 spiro atoms. The van der Waals surface area contributed by atoms with Crippen LogP contribution in [0.2, 0.25) is 0 Å². The predicted octanol–water partition coefficient (Wildman–Crippen LogP) is 1.02. The van der Waals surface area contributed by atoms with E-state index in [0.717, 1.165) is 5.56 Å². The summed E-state index contributed by atoms with van der Waals surface area (Å²) in [5.41, 5.74) is 1.31. The van der Waals surface area contributed by atoms with Gasteiger partial charge in [-0.2, -0.15) is 5.26 Å². The topological polar surface area (TPSA) is 66.1 Å². The van der Waals surface area contributed by atoms with Gasteiger partial charge in [0.1, 0.15) is 11.6 Å². The molecule has 0 saturated heterocycles. The molecule has 1 rings (SSSR count). The fourth-order valence-electron chi connectivity index (χ4n) is 1.01. The highest BCUT2D eigenvalue weighted by Gasteiger charge is 2.06. The van der Waals surface area contributed by atoms with Gasteiger partial charge in [-0.3, -0.25) is 0 Å². The van der Waals surface area contributed by atoms with Crippen LogP contribution in [0, 0.1) is 18.3 Å². The van der Waals surface area contributed by atoms with Gasteiger partial charge < -0.3 is 9.84 Å². The molecule has 4 heteroatoms. The number of aliphatic hydroxyl groups excluding tert-OH is 1. The van der Waals surface area contributed by atoms with Crippen molar-refractivity contribution in [1.29, 1.82) is 5.26 Å². The fourth-order valence-corrected chi connectivity index (χ4v) is 1.01. The van der Waals surface area contributed by atoms with Crippen molar-refractivity contribution in [2.75, 3.05) is 13.2 Å². The monoisotopic (exact) mass is 192 g/mol. The molecule has 74 valence electrons. The normalized spacial score (nSPS) is 9.50. The van der Waals surface area contributed by atoms with Crippen molar-refractivity contribution in [1.82, 2.24) is 4.98 Å². The third-order valence-electron chi connectivity index (χ3n) is 1.78. The van der Waals surface area contributed by atoms with Crippen molar-refractivity contribution in [3.8, 4) is 11.9 Å². The van der Waals surface area contributed by atoms with Crippen LogP contribution in [0.1, 0.15) is 17.5 Å². The second-order valence-electron chi connectivity index (χ2n) is 2.85. The number of pyridine rings is 1. The molecular formula is C10H12N2O2. The van der Waals surface area contributed by atoms with E-state index in [4.69, 9.17) is 15.1 Å². The summed E-state index contributed by atoms with van der Waals surface area (Å²) >= 11 is 0. The summed E-state index contributed by atoms with van der Waals surface area (Å²) in [5.74, 6) is 0.348. The smallest absolute Gasteiger partial charge is 0.231 e. The van der Waals surface area contributed by atoms with E-state index in [1.54, 1.807) is 12.3 Å². The lowest BCUT2D eigenvalue weighted by Crippen LogP contribution is -2.03. The largest absolute Gasteiger partial charge is 0.477 e. The number of rotatable bonds is 4. The number of nitrogens with zero attached hydrogens (tertiary/aromatic N) is 2. The van der Waals surface area contributed by atoms with Gasteiger partial charge in [0.15, 0.2) is 0 Å². The van der Waals surface area contributed by atoms with E-state index < -0.39 is 0 Å². The second-order valence-corrected chi connectivity index (χ2v) is 2.85. The Hall–Kier alpha value is -1.60. The fraction of sp³-hybridized carbons (Fsp3) is 0.400. The van der Waals surface area contributed by atoms with Crippen molar-refractivity contribution in [3.63, 3.8) is 0 Å². The van der Waals surface area contributed by atoms with Crippen molar-refractivity contribution < 1.29 is 9.84 Å². The Labute approximate surface area is 82.8 Å². The van der Waals surface area contributed by atoms with Gasteiger partial charge in [-0.25, -0.2) is 4.98 Å². The number of ether oxygens (including phenoxy) is 1. The summed E-state index contributed by atoms with van der Waals surface area (Å²) in [6.07, 6.45) is 2.14. The molecule has 1 aromatic rings. The zero-order chi connectivity index (χ0) is 10.4. The van der Waals surface area contributed by atoms with Crippen molar-refractivity contribution in [2.45, 2.75) is 13.3 Å². The summed E-state index contributed by atoms with van der Waals surface area (Å²) in [7, 11) is 0. The van der Waals surface area contributed by atoms with E-state index in [9.17, 15) is 0 Å². The maximum Gasteiger partial charge on any atom is 0.231 e. The molecule has 0 atom stereocenters. The summed E-state index contributed by atoms with van der Waals surface area (Å²) in [5, 5.41) is 17.4. The Bertz CT molecular complexity index is 344. The predicted molar refractivity (Wildman–Crippen MR) is 50.9 cm³/mol. The SMILES string of the molecule is Cc1ccnc(OCCCO)c1C#N. The third-order valence-corrected chi connectivity index (χ3v) is 1.78. The number of aliphatic hydroxyl groups is 1. The first-order chi connectivity index (χ1) is 6.79. The maximum atomic E-state index is 8.84. The van der Waals surface area contributed by atoms with Gasteiger partial charge in [0, 0.05) is 19.2 Å². The second kappa shape index (κ2) is 5.20. The Morgan fingerprint density at radius 3 is 3.07 bits per heavy atom. The van der Waals surface area contributed by atoms with Gasteiger partial charge in [-0.15, -0.1) is 0 Å². The Balaban J connectivity index is 2.76. The van der Waals surface area contributed by atoms with Gasteiger partial charge in [0.2, 0.25) is 5.88 Å². The summed E-state index contributed by atoms with van der Waals surface area (Å²) in [4.78, 5) is 3.96. The van der Waals surface area contributed by atoms with Gasteiger partial charge in [-0.1, -0.05) is 0 Å². The van der Waals surface area contributed by atoms with Crippen LogP contribution in [-0.4, -0.2) is 23.3 Å². The molecule has 0 saturated carbocycles. The molecule has 0 amide bonds. The lowest BCUT2D eigenvalue weighted by Gasteiger charge is -2.06. The zero-order valence-electron chi connectivity index (χ0n) is 8.03. The minimum atomic E-state index is 0.0771. The first kappa shape index (κ1) is 10.5. The van der Waals surface area contributed by atoms with E-state index in [1.165, 1.54) is 0 Å². The minimum absolute atomic E-state index is 0.0771. The standard InChI is InChI=1S/C10H12N2O2/c1-8-3-4-12-10(9(8)7-11)14-6-2-5-13/h3-4,13H,2,5-6H2,1H3. The molecule has 0 aliphatic carbocycles. The molecule has 0 aliphatic heterocycles. The number of aromatic nitrogens is 1. The minimum Gasteiger partial charge on any atom is -0.477 e. The van der Waals surface area contributed by atoms with E-state index in [2.05, 4.69) is 4.98 Å². The molecule has 1 aromatic heterocycles. The molecule has 0 unspecified atom stereocenters. The number of hydrogen-bond acceptors (Lipinski definition) is 4. The van der Waals surface area contributed by atoms with Crippen LogP contribution in [0.3, 0.4) is 0 Å². The van der Waals surface area contributed by atoms with Gasteiger partial charge in [0.25, 0.3) is 0 Å². The molecule has 0 aliphatic rings. The van der Waals surface area contributed by atoms with Crippen LogP contribution in [0.15, 0.2) is 12.3 Å². The molecule has 0 bridgehead atoms. The first-order valence-corrected chi connectivity index (χ1v) is 4.39. The van der Waals surface area contributed by atoms with E-state index in [1.807, 2.05) is 13.0 Å². The molecule has 1 N–H and O–H groups in total. The molecule has 0 aromatic carbocycles. The third kappa shape index (κ3) is 2.44. The molecular weight excluding hydrogens is 180 g/mol. The molecule has 14 heavy (non-hydrogen) atoms. The van der Waals surface area contributed by atoms with Crippen LogP contribution in [0.25, 0.3) is 0 Å². The summed E-state index contributed by atoms with van der Waals surface area (Å²) in [6, 6.07) is 3.80. The first-order valence-electron chi connectivity index (χ1n) is 4.39. The lowest BCUT2D eigenvalue weighted by atomic mass is 10.2. The van der Waals surface area contributed by atoms with Crippen LogP contribution in [-0.2, 0) is 0 Å². The highest BCUT2D eigenvalue weighted by Crippen LogP contribution is 2.17. The lowest BCUT2D eigenvalue weighted by molar-refractivity contribution is 0.229. The Morgan fingerprint density at radius 1 is 1.64 bits per heavy atom. The summed E-state index contributed by atoms with van der Waals surface area (Å²) in [6.45, 7) is 2.29. The van der Waals surface area contributed by atoms with Crippen LogP contribution >= 0.6 is 0 Å². The Morgan fingerprint density at radius 2 is 2.43 bits per heavy atom. The zero-order valence-corrected chi connectivity index (χ0v) is 8.03. The van der Waals surface area contributed by atoms with Crippen LogP contribution in [0.5, 0.6) is 5.88 Å². The maximum absolute atomic E-state index is 8.84. The van der Waals surface area contributed by atoms with Crippen molar-refractivity contribution >= 4 is 0 Å². The number of hydrogen-bond donors (Lipinski definition) is 1. The van der Waals surface area contributed by atoms with Gasteiger partial charge >= 0.3 is 0 Å². The number of aryl methyl sites for hydroxylation is 1. The quantitative estimate of drug-likeness (QED) is 0.723. The highest BCUT2D eigenvalue weighted by molar-refractivity contribution is 5.43. The molecule has 0 radical (unpaired) electrons. The van der Waals surface area contributed by atoms with Gasteiger partial charge in [0.05, 0.1) is 6.61 Å². The van der Waals surface area contributed by atoms with E-state index in [-0.39, 0.29) is 6.61 Å². The molecule has 4 nitrogen and oxygen atoms in total. The summed E-state index contributed by atoms with van der Waals surface area (Å²) < 4.78 is 5.26. The van der Waals surface area contributed by atoms with Gasteiger partial charge in [-0.05, 0) is 18.6 Å². The molecule has 1 heterocycles. The van der Waals surface area contributed by atoms with E-state index in [0.29, 0.717) is 24.5 Å². The average molecular weight is 192 g/mol. The Kier molecular flexibility index (Phi) is 3.89. The highest BCUT2D eigenvalue weighted by atomic mass is 16.5. The number of nitriles is 1. The van der Waals surface area contributed by atoms with Crippen LogP contribution < -0.4 is 4.74 Å². The van der Waals surface area contributed by atoms with E-state index >= 15 is 0 Å².